The van der Waals surface area contributed by atoms with Crippen molar-refractivity contribution in [2.24, 2.45) is 0 Å². The topological polar surface area (TPSA) is 39.9 Å². The summed E-state index contributed by atoms with van der Waals surface area (Å²) in [5.74, 6) is 1.04. The number of fused-ring (bicyclic) bond motifs is 1. The van der Waals surface area contributed by atoms with Crippen molar-refractivity contribution in [3.63, 3.8) is 0 Å². The zero-order valence-electron chi connectivity index (χ0n) is 13.4. The molecule has 1 atom stereocenters. The first-order valence-corrected chi connectivity index (χ1v) is 8.31. The maximum absolute atomic E-state index is 6.02. The molecule has 0 N–H and O–H groups in total. The molecule has 2 aromatic heterocycles. The van der Waals surface area contributed by atoms with Crippen LogP contribution in [0.3, 0.4) is 0 Å². The summed E-state index contributed by atoms with van der Waals surface area (Å²) in [4.78, 5) is 9.41. The van der Waals surface area contributed by atoms with Gasteiger partial charge in [-0.1, -0.05) is 24.3 Å². The normalized spacial score (nSPS) is 18.4. The summed E-state index contributed by atoms with van der Waals surface area (Å²) in [6.45, 7) is 2.97. The number of benzene rings is 1. The van der Waals surface area contributed by atoms with E-state index in [0.29, 0.717) is 0 Å². The van der Waals surface area contributed by atoms with Crippen LogP contribution >= 0.6 is 0 Å². The van der Waals surface area contributed by atoms with Gasteiger partial charge >= 0.3 is 0 Å². The first-order chi connectivity index (χ1) is 11.3. The highest BCUT2D eigenvalue weighted by atomic mass is 16.5. The fraction of sp³-hybridized carbons (Fsp3) is 0.368. The van der Waals surface area contributed by atoms with Crippen molar-refractivity contribution in [2.75, 3.05) is 6.61 Å². The SMILES string of the molecule is Cc1ccccc1Cc1nc2cccnc2n1C1CCCCO1. The van der Waals surface area contributed by atoms with Gasteiger partial charge in [0.2, 0.25) is 0 Å². The Morgan fingerprint density at radius 3 is 2.91 bits per heavy atom. The van der Waals surface area contributed by atoms with Crippen LogP contribution in [0.4, 0.5) is 0 Å². The van der Waals surface area contributed by atoms with E-state index in [4.69, 9.17) is 9.72 Å². The number of imidazole rings is 1. The minimum atomic E-state index is 0.0580. The second-order valence-corrected chi connectivity index (χ2v) is 6.17. The number of nitrogens with zero attached hydrogens (tertiary/aromatic N) is 3. The maximum atomic E-state index is 6.02. The van der Waals surface area contributed by atoms with Crippen molar-refractivity contribution in [2.45, 2.75) is 38.8 Å². The van der Waals surface area contributed by atoms with Gasteiger partial charge in [-0.2, -0.15) is 0 Å². The third-order valence-electron chi connectivity index (χ3n) is 4.58. The number of rotatable bonds is 3. The van der Waals surface area contributed by atoms with Gasteiger partial charge in [-0.3, -0.25) is 4.57 Å². The van der Waals surface area contributed by atoms with E-state index >= 15 is 0 Å². The van der Waals surface area contributed by atoms with E-state index in [9.17, 15) is 0 Å². The lowest BCUT2D eigenvalue weighted by molar-refractivity contribution is -0.0311. The summed E-state index contributed by atoms with van der Waals surface area (Å²) in [7, 11) is 0. The summed E-state index contributed by atoms with van der Waals surface area (Å²) in [5, 5.41) is 0. The quantitative estimate of drug-likeness (QED) is 0.733. The number of hydrogen-bond acceptors (Lipinski definition) is 3. The Labute approximate surface area is 136 Å². The molecule has 3 aromatic rings. The van der Waals surface area contributed by atoms with Gasteiger partial charge in [-0.15, -0.1) is 0 Å². The molecule has 3 heterocycles. The van der Waals surface area contributed by atoms with Crippen molar-refractivity contribution in [1.29, 1.82) is 0 Å². The van der Waals surface area contributed by atoms with Crippen molar-refractivity contribution in [1.82, 2.24) is 14.5 Å². The van der Waals surface area contributed by atoms with E-state index in [0.717, 1.165) is 42.9 Å². The Morgan fingerprint density at radius 2 is 2.09 bits per heavy atom. The molecule has 1 aliphatic rings. The van der Waals surface area contributed by atoms with Gasteiger partial charge in [0.1, 0.15) is 17.6 Å². The molecule has 23 heavy (non-hydrogen) atoms. The first kappa shape index (κ1) is 14.4. The summed E-state index contributed by atoms with van der Waals surface area (Å²) >= 11 is 0. The maximum Gasteiger partial charge on any atom is 0.162 e. The van der Waals surface area contributed by atoms with Gasteiger partial charge in [-0.25, -0.2) is 9.97 Å². The number of aryl methyl sites for hydroxylation is 1. The van der Waals surface area contributed by atoms with E-state index in [2.05, 4.69) is 40.7 Å². The summed E-state index contributed by atoms with van der Waals surface area (Å²) < 4.78 is 8.23. The highest BCUT2D eigenvalue weighted by Crippen LogP contribution is 2.29. The highest BCUT2D eigenvalue weighted by Gasteiger charge is 2.22. The Morgan fingerprint density at radius 1 is 1.17 bits per heavy atom. The van der Waals surface area contributed by atoms with Gasteiger partial charge in [0.05, 0.1) is 0 Å². The molecule has 0 saturated carbocycles. The van der Waals surface area contributed by atoms with Crippen LogP contribution in [0.25, 0.3) is 11.2 Å². The molecule has 0 amide bonds. The molecular weight excluding hydrogens is 286 g/mol. The monoisotopic (exact) mass is 307 g/mol. The molecule has 0 spiro atoms. The van der Waals surface area contributed by atoms with Gasteiger partial charge in [0.15, 0.2) is 5.65 Å². The molecule has 1 aromatic carbocycles. The Hall–Kier alpha value is -2.20. The average Bonchev–Trinajstić information content (AvgIpc) is 2.95. The molecule has 118 valence electrons. The summed E-state index contributed by atoms with van der Waals surface area (Å²) in [5.41, 5.74) is 4.48. The van der Waals surface area contributed by atoms with E-state index in [1.165, 1.54) is 17.5 Å². The predicted octanol–water partition coefficient (Wildman–Crippen LogP) is 4.03. The highest BCUT2D eigenvalue weighted by molar-refractivity contribution is 5.71. The number of pyridine rings is 1. The van der Waals surface area contributed by atoms with Crippen LogP contribution in [0.1, 0.15) is 42.4 Å². The first-order valence-electron chi connectivity index (χ1n) is 8.31. The fourth-order valence-electron chi connectivity index (χ4n) is 3.31. The molecule has 0 bridgehead atoms. The molecule has 1 aliphatic heterocycles. The molecule has 1 unspecified atom stereocenters. The average molecular weight is 307 g/mol. The molecule has 4 nitrogen and oxygen atoms in total. The smallest absolute Gasteiger partial charge is 0.162 e. The molecule has 1 saturated heterocycles. The standard InChI is InChI=1S/C19H21N3O/c1-14-7-2-3-8-15(14)13-17-21-16-9-6-11-20-19(16)22(17)18-10-4-5-12-23-18/h2-3,6-9,11,18H,4-5,10,12-13H2,1H3. The Kier molecular flexibility index (Phi) is 3.83. The van der Waals surface area contributed by atoms with Crippen LogP contribution in [0.5, 0.6) is 0 Å². The minimum absolute atomic E-state index is 0.0580. The lowest BCUT2D eigenvalue weighted by Gasteiger charge is -2.25. The summed E-state index contributed by atoms with van der Waals surface area (Å²) in [6.07, 6.45) is 6.07. The van der Waals surface area contributed by atoms with Gasteiger partial charge < -0.3 is 4.74 Å². The van der Waals surface area contributed by atoms with Crippen LogP contribution in [-0.2, 0) is 11.2 Å². The lowest BCUT2D eigenvalue weighted by Crippen LogP contribution is -2.20. The molecule has 0 radical (unpaired) electrons. The van der Waals surface area contributed by atoms with Crippen LogP contribution in [0.15, 0.2) is 42.6 Å². The third-order valence-corrected chi connectivity index (χ3v) is 4.58. The zero-order chi connectivity index (χ0) is 15.6. The van der Waals surface area contributed by atoms with E-state index < -0.39 is 0 Å². The van der Waals surface area contributed by atoms with Gasteiger partial charge in [0.25, 0.3) is 0 Å². The molecule has 4 heteroatoms. The van der Waals surface area contributed by atoms with E-state index in [1.54, 1.807) is 0 Å². The minimum Gasteiger partial charge on any atom is -0.358 e. The van der Waals surface area contributed by atoms with Crippen molar-refractivity contribution in [3.8, 4) is 0 Å². The Balaban J connectivity index is 1.80. The number of aromatic nitrogens is 3. The zero-order valence-corrected chi connectivity index (χ0v) is 13.4. The predicted molar refractivity (Wildman–Crippen MR) is 90.4 cm³/mol. The fourth-order valence-corrected chi connectivity index (χ4v) is 3.31. The summed E-state index contributed by atoms with van der Waals surface area (Å²) in [6, 6.07) is 12.5. The lowest BCUT2D eigenvalue weighted by atomic mass is 10.1. The van der Waals surface area contributed by atoms with Crippen molar-refractivity contribution in [3.05, 3.63) is 59.5 Å². The molecule has 1 fully saturated rings. The second-order valence-electron chi connectivity index (χ2n) is 6.17. The van der Waals surface area contributed by atoms with Gasteiger partial charge in [-0.05, 0) is 49.4 Å². The molecular formula is C19H21N3O. The van der Waals surface area contributed by atoms with Crippen LogP contribution in [0.2, 0.25) is 0 Å². The number of ether oxygens (including phenoxy) is 1. The van der Waals surface area contributed by atoms with Crippen LogP contribution in [0, 0.1) is 6.92 Å². The van der Waals surface area contributed by atoms with Gasteiger partial charge in [0, 0.05) is 19.2 Å². The van der Waals surface area contributed by atoms with E-state index in [1.807, 2.05) is 18.3 Å². The second kappa shape index (κ2) is 6.13. The Bertz CT molecular complexity index is 818. The largest absolute Gasteiger partial charge is 0.358 e. The molecule has 4 rings (SSSR count). The van der Waals surface area contributed by atoms with Crippen LogP contribution < -0.4 is 0 Å². The van der Waals surface area contributed by atoms with Crippen molar-refractivity contribution >= 4 is 11.2 Å². The van der Waals surface area contributed by atoms with Crippen molar-refractivity contribution < 1.29 is 4.74 Å². The number of hydrogen-bond donors (Lipinski definition) is 0. The van der Waals surface area contributed by atoms with Crippen LogP contribution in [-0.4, -0.2) is 21.1 Å². The van der Waals surface area contributed by atoms with E-state index in [-0.39, 0.29) is 6.23 Å². The third kappa shape index (κ3) is 2.75. The molecule has 0 aliphatic carbocycles.